The van der Waals surface area contributed by atoms with Crippen LogP contribution >= 0.6 is 0 Å². The van der Waals surface area contributed by atoms with Crippen LogP contribution in [0.3, 0.4) is 0 Å². The van der Waals surface area contributed by atoms with Gasteiger partial charge in [-0.1, -0.05) is 42.5 Å². The van der Waals surface area contributed by atoms with Crippen LogP contribution in [0.25, 0.3) is 28.1 Å². The van der Waals surface area contributed by atoms with Gasteiger partial charge in [0.25, 0.3) is 5.56 Å². The largest absolute Gasteiger partial charge is 0.272 e. The van der Waals surface area contributed by atoms with Crippen LogP contribution in [0.5, 0.6) is 0 Å². The molecule has 0 N–H and O–H groups in total. The standard InChI is InChI=1S/C23H15N5O/c24-14-16-10-12-18(13-11-16)21-25-26-23-27(15-17-6-2-1-3-7-17)22(29)19-8-4-5-9-20(19)28(21)23/h1-13H,15H2. The lowest BCUT2D eigenvalue weighted by Gasteiger charge is -2.11. The molecule has 0 fully saturated rings. The lowest BCUT2D eigenvalue weighted by molar-refractivity contribution is 0.767. The number of rotatable bonds is 3. The molecule has 0 unspecified atom stereocenters. The van der Waals surface area contributed by atoms with Crippen LogP contribution in [-0.4, -0.2) is 19.2 Å². The van der Waals surface area contributed by atoms with Gasteiger partial charge in [0.15, 0.2) is 5.82 Å². The molecule has 29 heavy (non-hydrogen) atoms. The molecule has 0 aliphatic rings. The van der Waals surface area contributed by atoms with Crippen LogP contribution in [0, 0.1) is 11.3 Å². The van der Waals surface area contributed by atoms with E-state index in [0.29, 0.717) is 29.1 Å². The van der Waals surface area contributed by atoms with E-state index in [9.17, 15) is 4.79 Å². The second-order valence-electron chi connectivity index (χ2n) is 6.74. The van der Waals surface area contributed by atoms with Gasteiger partial charge in [-0.2, -0.15) is 5.26 Å². The number of nitriles is 1. The van der Waals surface area contributed by atoms with Gasteiger partial charge in [-0.15, -0.1) is 10.2 Å². The molecule has 0 aliphatic carbocycles. The molecule has 2 aromatic heterocycles. The van der Waals surface area contributed by atoms with Gasteiger partial charge in [0, 0.05) is 5.56 Å². The van der Waals surface area contributed by atoms with Crippen molar-refractivity contribution in [3.05, 3.63) is 100 Å². The summed E-state index contributed by atoms with van der Waals surface area (Å²) in [6.07, 6.45) is 0. The molecule has 0 saturated heterocycles. The maximum Gasteiger partial charge on any atom is 0.263 e. The summed E-state index contributed by atoms with van der Waals surface area (Å²) >= 11 is 0. The summed E-state index contributed by atoms with van der Waals surface area (Å²) in [6, 6.07) is 26.6. The van der Waals surface area contributed by atoms with Crippen LogP contribution in [0.1, 0.15) is 11.1 Å². The second kappa shape index (κ2) is 6.73. The lowest BCUT2D eigenvalue weighted by Crippen LogP contribution is -2.24. The highest BCUT2D eigenvalue weighted by molar-refractivity contribution is 5.82. The second-order valence-corrected chi connectivity index (χ2v) is 6.74. The van der Waals surface area contributed by atoms with Crippen molar-refractivity contribution < 1.29 is 0 Å². The highest BCUT2D eigenvalue weighted by Gasteiger charge is 2.17. The fourth-order valence-corrected chi connectivity index (χ4v) is 3.55. The Bertz CT molecular complexity index is 1440. The number of para-hydroxylation sites is 1. The first-order valence-electron chi connectivity index (χ1n) is 9.17. The van der Waals surface area contributed by atoms with Crippen LogP contribution in [0.15, 0.2) is 83.7 Å². The van der Waals surface area contributed by atoms with Crippen molar-refractivity contribution in [1.82, 2.24) is 19.2 Å². The van der Waals surface area contributed by atoms with Gasteiger partial charge < -0.3 is 0 Å². The molecule has 138 valence electrons. The molecule has 0 radical (unpaired) electrons. The quantitative estimate of drug-likeness (QED) is 0.481. The van der Waals surface area contributed by atoms with Gasteiger partial charge >= 0.3 is 0 Å². The molecule has 5 aromatic rings. The van der Waals surface area contributed by atoms with E-state index in [1.165, 1.54) is 0 Å². The number of aromatic nitrogens is 4. The molecule has 0 aliphatic heterocycles. The van der Waals surface area contributed by atoms with Crippen molar-refractivity contribution in [3.63, 3.8) is 0 Å². The van der Waals surface area contributed by atoms with E-state index in [4.69, 9.17) is 5.26 Å². The van der Waals surface area contributed by atoms with Crippen LogP contribution in [-0.2, 0) is 6.54 Å². The molecule has 0 atom stereocenters. The summed E-state index contributed by atoms with van der Waals surface area (Å²) in [4.78, 5) is 13.2. The Morgan fingerprint density at radius 3 is 2.34 bits per heavy atom. The minimum absolute atomic E-state index is 0.101. The molecule has 0 saturated carbocycles. The van der Waals surface area contributed by atoms with Crippen molar-refractivity contribution in [1.29, 1.82) is 5.26 Å². The maximum absolute atomic E-state index is 13.2. The maximum atomic E-state index is 13.2. The van der Waals surface area contributed by atoms with E-state index in [0.717, 1.165) is 16.6 Å². The molecule has 0 amide bonds. The summed E-state index contributed by atoms with van der Waals surface area (Å²) in [6.45, 7) is 0.402. The molecule has 0 bridgehead atoms. The monoisotopic (exact) mass is 377 g/mol. The van der Waals surface area contributed by atoms with Crippen molar-refractivity contribution in [2.24, 2.45) is 0 Å². The number of fused-ring (bicyclic) bond motifs is 3. The van der Waals surface area contributed by atoms with Crippen LogP contribution in [0.4, 0.5) is 0 Å². The summed E-state index contributed by atoms with van der Waals surface area (Å²) < 4.78 is 3.55. The zero-order valence-electron chi connectivity index (χ0n) is 15.4. The first kappa shape index (κ1) is 16.9. The van der Waals surface area contributed by atoms with Gasteiger partial charge in [0.1, 0.15) is 0 Å². The van der Waals surface area contributed by atoms with Gasteiger partial charge in [0.2, 0.25) is 5.78 Å². The summed E-state index contributed by atoms with van der Waals surface area (Å²) in [5.74, 6) is 1.11. The van der Waals surface area contributed by atoms with Crippen molar-refractivity contribution in [2.45, 2.75) is 6.54 Å². The first-order chi connectivity index (χ1) is 14.3. The van der Waals surface area contributed by atoms with Gasteiger partial charge in [-0.05, 0) is 42.0 Å². The smallest absolute Gasteiger partial charge is 0.263 e. The summed E-state index contributed by atoms with van der Waals surface area (Å²) in [5.41, 5.74) is 3.06. The average molecular weight is 377 g/mol. The molecular formula is C23H15N5O. The SMILES string of the molecule is N#Cc1ccc(-c2nnc3n(Cc4ccccc4)c(=O)c4ccccc4n23)cc1. The molecule has 6 heteroatoms. The highest BCUT2D eigenvalue weighted by Crippen LogP contribution is 2.23. The summed E-state index contributed by atoms with van der Waals surface area (Å²) in [5, 5.41) is 18.4. The normalized spacial score (nSPS) is 11.0. The Morgan fingerprint density at radius 2 is 1.59 bits per heavy atom. The Morgan fingerprint density at radius 1 is 0.862 bits per heavy atom. The Labute approximate surface area is 165 Å². The average Bonchev–Trinajstić information content (AvgIpc) is 3.22. The van der Waals surface area contributed by atoms with Gasteiger partial charge in [-0.3, -0.25) is 13.8 Å². The van der Waals surface area contributed by atoms with Crippen LogP contribution in [0.2, 0.25) is 0 Å². The zero-order chi connectivity index (χ0) is 19.8. The van der Waals surface area contributed by atoms with Gasteiger partial charge in [-0.25, -0.2) is 0 Å². The van der Waals surface area contributed by atoms with E-state index >= 15 is 0 Å². The Balaban J connectivity index is 1.82. The zero-order valence-corrected chi connectivity index (χ0v) is 15.4. The topological polar surface area (TPSA) is 76.0 Å². The number of benzene rings is 3. The van der Waals surface area contributed by atoms with E-state index in [1.54, 1.807) is 16.7 Å². The third-order valence-electron chi connectivity index (χ3n) is 4.96. The molecule has 2 heterocycles. The first-order valence-corrected chi connectivity index (χ1v) is 9.17. The van der Waals surface area contributed by atoms with Crippen molar-refractivity contribution >= 4 is 16.7 Å². The van der Waals surface area contributed by atoms with E-state index in [1.807, 2.05) is 71.1 Å². The lowest BCUT2D eigenvalue weighted by atomic mass is 10.1. The predicted octanol–water partition coefficient (Wildman–Crippen LogP) is 3.63. The molecule has 3 aromatic carbocycles. The van der Waals surface area contributed by atoms with E-state index < -0.39 is 0 Å². The molecule has 5 rings (SSSR count). The predicted molar refractivity (Wildman–Crippen MR) is 110 cm³/mol. The third-order valence-corrected chi connectivity index (χ3v) is 4.96. The Kier molecular flexibility index (Phi) is 3.92. The molecule has 0 spiro atoms. The minimum Gasteiger partial charge on any atom is -0.272 e. The fraction of sp³-hybridized carbons (Fsp3) is 0.0435. The van der Waals surface area contributed by atoms with Crippen LogP contribution < -0.4 is 5.56 Å². The van der Waals surface area contributed by atoms with Crippen molar-refractivity contribution in [3.8, 4) is 17.5 Å². The van der Waals surface area contributed by atoms with E-state index in [-0.39, 0.29) is 5.56 Å². The van der Waals surface area contributed by atoms with Crippen molar-refractivity contribution in [2.75, 3.05) is 0 Å². The number of hydrogen-bond donors (Lipinski definition) is 0. The Hall–Kier alpha value is -4.24. The number of hydrogen-bond acceptors (Lipinski definition) is 4. The third kappa shape index (κ3) is 2.77. The molecular weight excluding hydrogens is 362 g/mol. The highest BCUT2D eigenvalue weighted by atomic mass is 16.1. The number of nitrogens with zero attached hydrogens (tertiary/aromatic N) is 5. The molecule has 6 nitrogen and oxygen atoms in total. The fourth-order valence-electron chi connectivity index (χ4n) is 3.55. The summed E-state index contributed by atoms with van der Waals surface area (Å²) in [7, 11) is 0. The van der Waals surface area contributed by atoms with Gasteiger partial charge in [0.05, 0.1) is 29.1 Å². The minimum atomic E-state index is -0.101. The van der Waals surface area contributed by atoms with E-state index in [2.05, 4.69) is 16.3 Å².